The Hall–Kier alpha value is -1.11. The van der Waals surface area contributed by atoms with Crippen LogP contribution in [0.4, 0.5) is 18.0 Å². The van der Waals surface area contributed by atoms with Crippen LogP contribution in [0.2, 0.25) is 0 Å². The monoisotopic (exact) mass is 459 g/mol. The van der Waals surface area contributed by atoms with E-state index in [9.17, 15) is 26.4 Å². The van der Waals surface area contributed by atoms with Gasteiger partial charge in [-0.3, -0.25) is 4.18 Å². The lowest BCUT2D eigenvalue weighted by Crippen LogP contribution is -2.51. The lowest BCUT2D eigenvalue weighted by Gasteiger charge is -2.40. The molecule has 0 aromatic heterocycles. The zero-order valence-corrected chi connectivity index (χ0v) is 18.0. The topological polar surface area (TPSA) is 91.4 Å². The van der Waals surface area contributed by atoms with Gasteiger partial charge in [0.1, 0.15) is 12.2 Å². The Kier molecular flexibility index (Phi) is 6.62. The van der Waals surface area contributed by atoms with Crippen molar-refractivity contribution >= 4 is 16.2 Å². The van der Waals surface area contributed by atoms with E-state index in [0.29, 0.717) is 26.1 Å². The quantitative estimate of drug-likeness (QED) is 0.328. The molecule has 0 bridgehead atoms. The summed E-state index contributed by atoms with van der Waals surface area (Å²) in [5.41, 5.74) is -5.50. The molecule has 1 unspecified atom stereocenters. The molecule has 0 radical (unpaired) electrons. The fourth-order valence-electron chi connectivity index (χ4n) is 4.27. The van der Waals surface area contributed by atoms with Crippen molar-refractivity contribution in [2.24, 2.45) is 11.8 Å². The number of hydrogen-bond acceptors (Lipinski definition) is 7. The Morgan fingerprint density at radius 2 is 1.83 bits per heavy atom. The lowest BCUT2D eigenvalue weighted by molar-refractivity contribution is -0.166. The Morgan fingerprint density at radius 1 is 1.20 bits per heavy atom. The molecule has 0 aromatic rings. The Balaban J connectivity index is 1.58. The van der Waals surface area contributed by atoms with Crippen LogP contribution in [0.5, 0.6) is 0 Å². The molecule has 0 N–H and O–H groups in total. The molecule has 8 nitrogen and oxygen atoms in total. The molecule has 1 aliphatic carbocycles. The van der Waals surface area contributed by atoms with Crippen molar-refractivity contribution < 1.29 is 44.8 Å². The molecule has 0 aromatic carbocycles. The summed E-state index contributed by atoms with van der Waals surface area (Å²) in [6, 6.07) is 0. The number of halogens is 3. The third-order valence-corrected chi connectivity index (χ3v) is 6.71. The van der Waals surface area contributed by atoms with Crippen LogP contribution in [0.25, 0.3) is 0 Å². The third-order valence-electron chi connectivity index (χ3n) is 5.64. The van der Waals surface area contributed by atoms with Crippen molar-refractivity contribution in [3.8, 4) is 0 Å². The van der Waals surface area contributed by atoms with Gasteiger partial charge in [-0.15, -0.1) is 0 Å². The molecule has 2 saturated heterocycles. The van der Waals surface area contributed by atoms with Gasteiger partial charge in [-0.25, -0.2) is 4.79 Å². The number of rotatable bonds is 7. The second kappa shape index (κ2) is 8.44. The van der Waals surface area contributed by atoms with Gasteiger partial charge in [0.05, 0.1) is 12.7 Å². The molecule has 0 spiro atoms. The summed E-state index contributed by atoms with van der Waals surface area (Å²) in [5.74, 6) is -1.17. The number of carbonyl (C=O) groups excluding carboxylic acids is 1. The van der Waals surface area contributed by atoms with Crippen LogP contribution in [-0.4, -0.2) is 68.7 Å². The smallest absolute Gasteiger partial charge is 0.449 e. The highest BCUT2D eigenvalue weighted by Crippen LogP contribution is 2.47. The minimum Gasteiger partial charge on any atom is -0.449 e. The summed E-state index contributed by atoms with van der Waals surface area (Å²) in [6.45, 7) is 6.57. The first-order chi connectivity index (χ1) is 13.8. The van der Waals surface area contributed by atoms with Gasteiger partial charge in [-0.1, -0.05) is 13.3 Å². The molecule has 3 rings (SSSR count). The summed E-state index contributed by atoms with van der Waals surface area (Å²) in [5, 5.41) is 0. The average molecular weight is 459 g/mol. The molecule has 3 fully saturated rings. The summed E-state index contributed by atoms with van der Waals surface area (Å²) in [4.78, 5) is 13.5. The normalized spacial score (nSPS) is 31.5. The molecule has 174 valence electrons. The Morgan fingerprint density at radius 3 is 2.43 bits per heavy atom. The molecule has 2 heterocycles. The zero-order chi connectivity index (χ0) is 22.3. The van der Waals surface area contributed by atoms with Crippen LogP contribution in [0.1, 0.15) is 46.5 Å². The SMILES string of the molecule is CCCCOC(=O)N1CC(C[C@H]2CC(OS(=O)(=O)C(F)(F)F)[C@@H]3OC(C)(C)O[C@H]23)C1. The van der Waals surface area contributed by atoms with E-state index in [0.717, 1.165) is 12.8 Å². The van der Waals surface area contributed by atoms with Crippen molar-refractivity contribution in [2.45, 2.75) is 76.1 Å². The Bertz CT molecular complexity index is 737. The predicted molar refractivity (Wildman–Crippen MR) is 97.7 cm³/mol. The number of likely N-dealkylation sites (tertiary alicyclic amines) is 1. The molecule has 2 aliphatic heterocycles. The first kappa shape index (κ1) is 23.6. The maximum atomic E-state index is 12.7. The number of carbonyl (C=O) groups is 1. The second-order valence-electron chi connectivity index (χ2n) is 8.57. The van der Waals surface area contributed by atoms with E-state index < -0.39 is 39.7 Å². The molecule has 1 saturated carbocycles. The second-order valence-corrected chi connectivity index (χ2v) is 10.1. The molecule has 12 heteroatoms. The lowest BCUT2D eigenvalue weighted by atomic mass is 9.87. The van der Waals surface area contributed by atoms with Crippen LogP contribution >= 0.6 is 0 Å². The van der Waals surface area contributed by atoms with Gasteiger partial charge in [0.2, 0.25) is 0 Å². The van der Waals surface area contributed by atoms with Crippen LogP contribution < -0.4 is 0 Å². The standard InChI is InChI=1S/C18H28F3NO7S/c1-4-5-6-26-16(23)22-9-11(10-22)7-12-8-13(29-30(24,25)18(19,20)21)15-14(12)27-17(2,3)28-15/h11-15H,4-10H2,1-3H3/t12-,13?,14+,15-/m0/s1. The van der Waals surface area contributed by atoms with Crippen LogP contribution in [0, 0.1) is 11.8 Å². The number of hydrogen-bond donors (Lipinski definition) is 0. The van der Waals surface area contributed by atoms with Gasteiger partial charge < -0.3 is 19.1 Å². The van der Waals surface area contributed by atoms with E-state index in [1.54, 1.807) is 18.7 Å². The molecule has 1 amide bonds. The van der Waals surface area contributed by atoms with Crippen molar-refractivity contribution in [2.75, 3.05) is 19.7 Å². The molecular formula is C18H28F3NO7S. The number of unbranched alkanes of at least 4 members (excludes halogenated alkanes) is 1. The fourth-order valence-corrected chi connectivity index (χ4v) is 4.89. The Labute approximate surface area is 174 Å². The summed E-state index contributed by atoms with van der Waals surface area (Å²) >= 11 is 0. The third kappa shape index (κ3) is 5.03. The zero-order valence-electron chi connectivity index (χ0n) is 17.2. The first-order valence-electron chi connectivity index (χ1n) is 10.1. The fraction of sp³-hybridized carbons (Fsp3) is 0.944. The maximum Gasteiger partial charge on any atom is 0.523 e. The van der Waals surface area contributed by atoms with E-state index >= 15 is 0 Å². The van der Waals surface area contributed by atoms with Crippen LogP contribution in [0.15, 0.2) is 0 Å². The number of fused-ring (bicyclic) bond motifs is 1. The van der Waals surface area contributed by atoms with Crippen molar-refractivity contribution in [1.29, 1.82) is 0 Å². The number of alkyl halides is 3. The van der Waals surface area contributed by atoms with Gasteiger partial charge in [0.15, 0.2) is 5.79 Å². The maximum absolute atomic E-state index is 12.7. The average Bonchev–Trinajstić information content (AvgIpc) is 3.03. The van der Waals surface area contributed by atoms with Crippen molar-refractivity contribution in [3.63, 3.8) is 0 Å². The van der Waals surface area contributed by atoms with Gasteiger partial charge in [0, 0.05) is 13.1 Å². The minimum absolute atomic E-state index is 0.0676. The van der Waals surface area contributed by atoms with Gasteiger partial charge in [-0.05, 0) is 44.9 Å². The first-order valence-corrected chi connectivity index (χ1v) is 11.5. The van der Waals surface area contributed by atoms with E-state index in [-0.39, 0.29) is 24.3 Å². The highest BCUT2D eigenvalue weighted by atomic mass is 32.2. The summed E-state index contributed by atoms with van der Waals surface area (Å²) in [7, 11) is -5.74. The minimum atomic E-state index is -5.74. The molecule has 4 atom stereocenters. The highest BCUT2D eigenvalue weighted by Gasteiger charge is 2.58. The molecule has 30 heavy (non-hydrogen) atoms. The van der Waals surface area contributed by atoms with Crippen molar-refractivity contribution in [3.05, 3.63) is 0 Å². The largest absolute Gasteiger partial charge is 0.523 e. The number of ether oxygens (including phenoxy) is 3. The number of amides is 1. The number of nitrogens with zero attached hydrogens (tertiary/aromatic N) is 1. The summed E-state index contributed by atoms with van der Waals surface area (Å²) < 4.78 is 82.4. The van der Waals surface area contributed by atoms with E-state index in [2.05, 4.69) is 4.18 Å². The van der Waals surface area contributed by atoms with E-state index in [1.165, 1.54) is 0 Å². The molecule has 3 aliphatic rings. The predicted octanol–water partition coefficient (Wildman–Crippen LogP) is 3.02. The van der Waals surface area contributed by atoms with Gasteiger partial charge in [0.25, 0.3) is 0 Å². The molecular weight excluding hydrogens is 431 g/mol. The van der Waals surface area contributed by atoms with Crippen molar-refractivity contribution in [1.82, 2.24) is 4.90 Å². The van der Waals surface area contributed by atoms with Crippen LogP contribution in [0.3, 0.4) is 0 Å². The van der Waals surface area contributed by atoms with Gasteiger partial charge >= 0.3 is 21.7 Å². The van der Waals surface area contributed by atoms with Crippen LogP contribution in [-0.2, 0) is 28.5 Å². The highest BCUT2D eigenvalue weighted by molar-refractivity contribution is 7.87. The van der Waals surface area contributed by atoms with E-state index in [1.807, 2.05) is 6.92 Å². The summed E-state index contributed by atoms with van der Waals surface area (Å²) in [6.07, 6.45) is -0.776. The van der Waals surface area contributed by atoms with Gasteiger partial charge in [-0.2, -0.15) is 21.6 Å². The van der Waals surface area contributed by atoms with E-state index in [4.69, 9.17) is 14.2 Å².